The molecule has 1 aromatic rings. The van der Waals surface area contributed by atoms with E-state index in [0.29, 0.717) is 30.1 Å². The lowest BCUT2D eigenvalue weighted by atomic mass is 10.2. The smallest absolute Gasteiger partial charge is 0.269 e. The van der Waals surface area contributed by atoms with E-state index in [1.54, 1.807) is 20.1 Å². The van der Waals surface area contributed by atoms with Crippen LogP contribution in [0.25, 0.3) is 0 Å². The van der Waals surface area contributed by atoms with Crippen LogP contribution in [0.3, 0.4) is 0 Å². The van der Waals surface area contributed by atoms with Gasteiger partial charge >= 0.3 is 0 Å². The highest BCUT2D eigenvalue weighted by Crippen LogP contribution is 2.05. The van der Waals surface area contributed by atoms with Crippen LogP contribution in [0.5, 0.6) is 0 Å². The number of nitriles is 1. The van der Waals surface area contributed by atoms with Crippen LogP contribution >= 0.6 is 0 Å². The van der Waals surface area contributed by atoms with E-state index < -0.39 is 0 Å². The second-order valence-electron chi connectivity index (χ2n) is 3.19. The summed E-state index contributed by atoms with van der Waals surface area (Å²) in [5, 5.41) is 11.4. The van der Waals surface area contributed by atoms with Gasteiger partial charge in [0, 0.05) is 13.7 Å². The quantitative estimate of drug-likeness (QED) is 0.754. The van der Waals surface area contributed by atoms with Crippen molar-refractivity contribution in [1.29, 1.82) is 5.26 Å². The lowest BCUT2D eigenvalue weighted by Gasteiger charge is -2.04. The standard InChI is InChI=1S/C11H13N3O2/c1-8-9(7-12)3-4-10(14-8)11(15)13-5-6-16-2/h3-4H,5-6H2,1-2H3,(H,13,15). The Morgan fingerprint density at radius 3 is 2.94 bits per heavy atom. The number of carbonyl (C=O) groups is 1. The van der Waals surface area contributed by atoms with E-state index in [2.05, 4.69) is 10.3 Å². The Morgan fingerprint density at radius 1 is 1.62 bits per heavy atom. The van der Waals surface area contributed by atoms with Crippen molar-refractivity contribution in [3.05, 3.63) is 29.1 Å². The van der Waals surface area contributed by atoms with Crippen molar-refractivity contribution in [2.45, 2.75) is 6.92 Å². The molecule has 0 saturated carbocycles. The Hall–Kier alpha value is -1.93. The molecule has 1 N–H and O–H groups in total. The van der Waals surface area contributed by atoms with Gasteiger partial charge < -0.3 is 10.1 Å². The van der Waals surface area contributed by atoms with Crippen LogP contribution < -0.4 is 5.32 Å². The van der Waals surface area contributed by atoms with Gasteiger partial charge in [-0.2, -0.15) is 5.26 Å². The molecule has 1 amide bonds. The second kappa shape index (κ2) is 5.83. The first-order valence-electron chi connectivity index (χ1n) is 4.84. The molecule has 0 saturated heterocycles. The molecule has 0 aromatic carbocycles. The normalized spacial score (nSPS) is 9.56. The third kappa shape index (κ3) is 3.04. The summed E-state index contributed by atoms with van der Waals surface area (Å²) in [6, 6.07) is 5.13. The molecule has 0 aliphatic rings. The summed E-state index contributed by atoms with van der Waals surface area (Å²) in [5.74, 6) is -0.260. The summed E-state index contributed by atoms with van der Waals surface area (Å²) < 4.78 is 4.81. The lowest BCUT2D eigenvalue weighted by Crippen LogP contribution is -2.27. The monoisotopic (exact) mass is 219 g/mol. The molecule has 5 heteroatoms. The van der Waals surface area contributed by atoms with Crippen LogP contribution in [0.2, 0.25) is 0 Å². The van der Waals surface area contributed by atoms with E-state index in [-0.39, 0.29) is 5.91 Å². The van der Waals surface area contributed by atoms with E-state index in [1.165, 1.54) is 6.07 Å². The van der Waals surface area contributed by atoms with E-state index in [9.17, 15) is 4.79 Å². The van der Waals surface area contributed by atoms with Gasteiger partial charge in [-0.15, -0.1) is 0 Å². The fraction of sp³-hybridized carbons (Fsp3) is 0.364. The zero-order chi connectivity index (χ0) is 12.0. The summed E-state index contributed by atoms with van der Waals surface area (Å²) in [5.41, 5.74) is 1.35. The third-order valence-corrected chi connectivity index (χ3v) is 2.03. The molecule has 16 heavy (non-hydrogen) atoms. The van der Waals surface area contributed by atoms with Gasteiger partial charge in [-0.25, -0.2) is 4.98 Å². The second-order valence-corrected chi connectivity index (χ2v) is 3.19. The number of amides is 1. The summed E-state index contributed by atoms with van der Waals surface area (Å²) in [6.45, 7) is 2.60. The molecule has 0 radical (unpaired) electrons. The molecule has 1 aromatic heterocycles. The molecule has 0 fully saturated rings. The Kier molecular flexibility index (Phi) is 4.42. The predicted octanol–water partition coefficient (Wildman–Crippen LogP) is 0.638. The topological polar surface area (TPSA) is 75.0 Å². The molecule has 84 valence electrons. The van der Waals surface area contributed by atoms with Crippen LogP contribution in [0.15, 0.2) is 12.1 Å². The molecule has 0 spiro atoms. The molecule has 1 heterocycles. The van der Waals surface area contributed by atoms with E-state index in [0.717, 1.165) is 0 Å². The molecule has 0 aliphatic heterocycles. The largest absolute Gasteiger partial charge is 0.383 e. The summed E-state index contributed by atoms with van der Waals surface area (Å²) >= 11 is 0. The Balaban J connectivity index is 2.70. The number of carbonyl (C=O) groups excluding carboxylic acids is 1. The van der Waals surface area contributed by atoms with Gasteiger partial charge in [0.05, 0.1) is 17.9 Å². The van der Waals surface area contributed by atoms with Crippen molar-refractivity contribution in [2.24, 2.45) is 0 Å². The maximum Gasteiger partial charge on any atom is 0.269 e. The predicted molar refractivity (Wildman–Crippen MR) is 57.9 cm³/mol. The van der Waals surface area contributed by atoms with Crippen molar-refractivity contribution < 1.29 is 9.53 Å². The summed E-state index contributed by atoms with van der Waals surface area (Å²) in [7, 11) is 1.57. The van der Waals surface area contributed by atoms with Crippen molar-refractivity contribution in [1.82, 2.24) is 10.3 Å². The molecule has 0 aliphatic carbocycles. The van der Waals surface area contributed by atoms with Crippen molar-refractivity contribution in [3.63, 3.8) is 0 Å². The van der Waals surface area contributed by atoms with Gasteiger partial charge in [0.15, 0.2) is 0 Å². The molecule has 0 bridgehead atoms. The molecular formula is C11H13N3O2. The van der Waals surface area contributed by atoms with Crippen LogP contribution in [0.1, 0.15) is 21.7 Å². The number of aryl methyl sites for hydroxylation is 1. The Bertz CT molecular complexity index is 424. The highest BCUT2D eigenvalue weighted by atomic mass is 16.5. The lowest BCUT2D eigenvalue weighted by molar-refractivity contribution is 0.0932. The maximum absolute atomic E-state index is 11.6. The fourth-order valence-corrected chi connectivity index (χ4v) is 1.16. The van der Waals surface area contributed by atoms with Gasteiger partial charge in [-0.1, -0.05) is 0 Å². The number of hydrogen-bond donors (Lipinski definition) is 1. The van der Waals surface area contributed by atoms with Gasteiger partial charge in [-0.3, -0.25) is 4.79 Å². The van der Waals surface area contributed by atoms with Crippen molar-refractivity contribution in [3.8, 4) is 6.07 Å². The number of rotatable bonds is 4. The van der Waals surface area contributed by atoms with Crippen LogP contribution in [-0.4, -0.2) is 31.2 Å². The minimum Gasteiger partial charge on any atom is -0.383 e. The van der Waals surface area contributed by atoms with Crippen molar-refractivity contribution in [2.75, 3.05) is 20.3 Å². The molecule has 5 nitrogen and oxygen atoms in total. The fourth-order valence-electron chi connectivity index (χ4n) is 1.16. The average molecular weight is 219 g/mol. The van der Waals surface area contributed by atoms with Crippen LogP contribution in [0, 0.1) is 18.3 Å². The molecule has 0 unspecified atom stereocenters. The average Bonchev–Trinajstić information content (AvgIpc) is 2.29. The zero-order valence-electron chi connectivity index (χ0n) is 9.28. The Morgan fingerprint density at radius 2 is 2.38 bits per heavy atom. The SMILES string of the molecule is COCCNC(=O)c1ccc(C#N)c(C)n1. The zero-order valence-corrected chi connectivity index (χ0v) is 9.28. The highest BCUT2D eigenvalue weighted by molar-refractivity contribution is 5.92. The minimum atomic E-state index is -0.260. The number of aromatic nitrogens is 1. The molecule has 0 atom stereocenters. The number of pyridine rings is 1. The molecular weight excluding hydrogens is 206 g/mol. The number of methoxy groups -OCH3 is 1. The van der Waals surface area contributed by atoms with Gasteiger partial charge in [0.25, 0.3) is 5.91 Å². The number of hydrogen-bond acceptors (Lipinski definition) is 4. The summed E-state index contributed by atoms with van der Waals surface area (Å²) in [6.07, 6.45) is 0. The van der Waals surface area contributed by atoms with Gasteiger partial charge in [0.2, 0.25) is 0 Å². The van der Waals surface area contributed by atoms with Crippen molar-refractivity contribution >= 4 is 5.91 Å². The van der Waals surface area contributed by atoms with Gasteiger partial charge in [-0.05, 0) is 19.1 Å². The first kappa shape index (κ1) is 12.1. The van der Waals surface area contributed by atoms with Gasteiger partial charge in [0.1, 0.15) is 11.8 Å². The highest BCUT2D eigenvalue weighted by Gasteiger charge is 2.08. The first-order chi connectivity index (χ1) is 7.69. The van der Waals surface area contributed by atoms with E-state index in [4.69, 9.17) is 10.00 Å². The van der Waals surface area contributed by atoms with E-state index in [1.807, 2.05) is 6.07 Å². The molecule has 1 rings (SSSR count). The minimum absolute atomic E-state index is 0.260. The van der Waals surface area contributed by atoms with E-state index >= 15 is 0 Å². The number of nitrogens with one attached hydrogen (secondary N) is 1. The third-order valence-electron chi connectivity index (χ3n) is 2.03. The number of nitrogens with zero attached hydrogens (tertiary/aromatic N) is 2. The summed E-state index contributed by atoms with van der Waals surface area (Å²) in [4.78, 5) is 15.6. The van der Waals surface area contributed by atoms with Crippen LogP contribution in [0.4, 0.5) is 0 Å². The number of ether oxygens (including phenoxy) is 1. The maximum atomic E-state index is 11.6. The first-order valence-corrected chi connectivity index (χ1v) is 4.84. The van der Waals surface area contributed by atoms with Crippen LogP contribution in [-0.2, 0) is 4.74 Å². The Labute approximate surface area is 94.1 Å².